The summed E-state index contributed by atoms with van der Waals surface area (Å²) in [4.78, 5) is 28.9. The smallest absolute Gasteiger partial charge is 0.234 e. The van der Waals surface area contributed by atoms with Gasteiger partial charge in [-0.1, -0.05) is 0 Å². The van der Waals surface area contributed by atoms with Crippen LogP contribution in [0.15, 0.2) is 6.33 Å². The first-order chi connectivity index (χ1) is 12.6. The standard InChI is InChI=1S/C18H26N6O2/c1-12-13(2)21-17-16(12)18(20-11-19-17)24-4-3-14(9-24)22-15(25)10-23-5-7-26-8-6-23/h11,14H,3-10H2,1-2H3,(H,22,25)(H,19,20,21)/t14-/m0/s1. The summed E-state index contributed by atoms with van der Waals surface area (Å²) in [7, 11) is 0. The molecule has 8 heteroatoms. The minimum Gasteiger partial charge on any atom is -0.379 e. The quantitative estimate of drug-likeness (QED) is 0.833. The van der Waals surface area contributed by atoms with Gasteiger partial charge in [0.15, 0.2) is 0 Å². The fourth-order valence-electron chi connectivity index (χ4n) is 3.82. The van der Waals surface area contributed by atoms with E-state index in [9.17, 15) is 4.79 Å². The third-order valence-electron chi connectivity index (χ3n) is 5.39. The van der Waals surface area contributed by atoms with Crippen LogP contribution in [0.25, 0.3) is 11.0 Å². The maximum Gasteiger partial charge on any atom is 0.234 e. The fraction of sp³-hybridized carbons (Fsp3) is 0.611. The number of aryl methyl sites for hydroxylation is 2. The number of hydrogen-bond donors (Lipinski definition) is 2. The molecule has 8 nitrogen and oxygen atoms in total. The molecule has 2 fully saturated rings. The van der Waals surface area contributed by atoms with Crippen molar-refractivity contribution >= 4 is 22.8 Å². The number of fused-ring (bicyclic) bond motifs is 1. The zero-order chi connectivity index (χ0) is 18.1. The van der Waals surface area contributed by atoms with Crippen molar-refractivity contribution < 1.29 is 9.53 Å². The number of aromatic amines is 1. The molecular weight excluding hydrogens is 332 g/mol. The van der Waals surface area contributed by atoms with Crippen molar-refractivity contribution in [2.45, 2.75) is 26.3 Å². The summed E-state index contributed by atoms with van der Waals surface area (Å²) in [5, 5.41) is 4.27. The van der Waals surface area contributed by atoms with E-state index in [0.29, 0.717) is 19.8 Å². The second-order valence-corrected chi connectivity index (χ2v) is 7.18. The van der Waals surface area contributed by atoms with Gasteiger partial charge in [-0.05, 0) is 25.8 Å². The molecule has 0 unspecified atom stereocenters. The van der Waals surface area contributed by atoms with Crippen LogP contribution in [-0.4, -0.2) is 77.7 Å². The summed E-state index contributed by atoms with van der Waals surface area (Å²) in [6, 6.07) is 0.161. The maximum absolute atomic E-state index is 12.3. The summed E-state index contributed by atoms with van der Waals surface area (Å²) < 4.78 is 5.33. The first kappa shape index (κ1) is 17.2. The first-order valence-electron chi connectivity index (χ1n) is 9.26. The van der Waals surface area contributed by atoms with Crippen LogP contribution in [-0.2, 0) is 9.53 Å². The number of H-pyrrole nitrogens is 1. The molecule has 2 aliphatic heterocycles. The molecule has 0 radical (unpaired) electrons. The van der Waals surface area contributed by atoms with Crippen molar-refractivity contribution in [1.29, 1.82) is 0 Å². The van der Waals surface area contributed by atoms with Crippen LogP contribution in [0.3, 0.4) is 0 Å². The highest BCUT2D eigenvalue weighted by Crippen LogP contribution is 2.30. The van der Waals surface area contributed by atoms with Crippen molar-refractivity contribution in [1.82, 2.24) is 25.2 Å². The molecule has 0 aliphatic carbocycles. The lowest BCUT2D eigenvalue weighted by molar-refractivity contribution is -0.123. The summed E-state index contributed by atoms with van der Waals surface area (Å²) in [6.45, 7) is 9.35. The van der Waals surface area contributed by atoms with Gasteiger partial charge in [-0.25, -0.2) is 9.97 Å². The number of nitrogens with one attached hydrogen (secondary N) is 2. The lowest BCUT2D eigenvalue weighted by atomic mass is 10.2. The van der Waals surface area contributed by atoms with Crippen LogP contribution in [0.2, 0.25) is 0 Å². The second-order valence-electron chi connectivity index (χ2n) is 7.18. The van der Waals surface area contributed by atoms with Crippen molar-refractivity contribution in [2.24, 2.45) is 0 Å². The Morgan fingerprint density at radius 2 is 2.12 bits per heavy atom. The van der Waals surface area contributed by atoms with Crippen molar-refractivity contribution in [3.8, 4) is 0 Å². The number of rotatable bonds is 4. The van der Waals surface area contributed by atoms with Crippen LogP contribution in [0.4, 0.5) is 5.82 Å². The molecule has 4 rings (SSSR count). The van der Waals surface area contributed by atoms with Crippen LogP contribution in [0.1, 0.15) is 17.7 Å². The Morgan fingerprint density at radius 1 is 1.31 bits per heavy atom. The second kappa shape index (κ2) is 7.20. The highest BCUT2D eigenvalue weighted by atomic mass is 16.5. The number of nitrogens with zero attached hydrogens (tertiary/aromatic N) is 4. The first-order valence-corrected chi connectivity index (χ1v) is 9.26. The van der Waals surface area contributed by atoms with Gasteiger partial charge in [0.25, 0.3) is 0 Å². The molecule has 0 saturated carbocycles. The van der Waals surface area contributed by atoms with E-state index >= 15 is 0 Å². The van der Waals surface area contributed by atoms with Crippen molar-refractivity contribution in [3.05, 3.63) is 17.6 Å². The van der Waals surface area contributed by atoms with Gasteiger partial charge in [-0.3, -0.25) is 9.69 Å². The number of carbonyl (C=O) groups is 1. The van der Waals surface area contributed by atoms with Crippen LogP contribution in [0, 0.1) is 13.8 Å². The molecular formula is C18H26N6O2. The number of carbonyl (C=O) groups excluding carboxylic acids is 1. The van der Waals surface area contributed by atoms with Gasteiger partial charge in [-0.2, -0.15) is 0 Å². The predicted octanol–water partition coefficient (Wildman–Crippen LogP) is 0.602. The Kier molecular flexibility index (Phi) is 4.78. The Balaban J connectivity index is 1.40. The Labute approximate surface area is 152 Å². The highest BCUT2D eigenvalue weighted by molar-refractivity contribution is 5.91. The summed E-state index contributed by atoms with van der Waals surface area (Å²) in [6.07, 6.45) is 2.54. The SMILES string of the molecule is Cc1[nH]c2ncnc(N3CC[C@H](NC(=O)CN4CCOCC4)C3)c2c1C. The monoisotopic (exact) mass is 358 g/mol. The summed E-state index contributed by atoms with van der Waals surface area (Å²) >= 11 is 0. The maximum atomic E-state index is 12.3. The van der Waals surface area contributed by atoms with E-state index in [2.05, 4.69) is 43.9 Å². The van der Waals surface area contributed by atoms with Gasteiger partial charge in [-0.15, -0.1) is 0 Å². The molecule has 2 aromatic heterocycles. The molecule has 1 amide bonds. The van der Waals surface area contributed by atoms with E-state index in [4.69, 9.17) is 4.74 Å². The molecule has 4 heterocycles. The van der Waals surface area contributed by atoms with Crippen molar-refractivity contribution in [3.63, 3.8) is 0 Å². The van der Waals surface area contributed by atoms with Crippen LogP contribution < -0.4 is 10.2 Å². The van der Waals surface area contributed by atoms with E-state index in [1.54, 1.807) is 6.33 Å². The normalized spacial score (nSPS) is 21.5. The zero-order valence-corrected chi connectivity index (χ0v) is 15.4. The lowest BCUT2D eigenvalue weighted by Crippen LogP contribution is -2.46. The van der Waals surface area contributed by atoms with E-state index in [-0.39, 0.29) is 11.9 Å². The number of anilines is 1. The van der Waals surface area contributed by atoms with Gasteiger partial charge in [0.2, 0.25) is 5.91 Å². The topological polar surface area (TPSA) is 86.4 Å². The van der Waals surface area contributed by atoms with Gasteiger partial charge < -0.3 is 19.9 Å². The van der Waals surface area contributed by atoms with Crippen molar-refractivity contribution in [2.75, 3.05) is 50.8 Å². The largest absolute Gasteiger partial charge is 0.379 e. The molecule has 1 atom stereocenters. The van der Waals surface area contributed by atoms with Crippen LogP contribution >= 0.6 is 0 Å². The number of morpholine rings is 1. The third kappa shape index (κ3) is 3.39. The molecule has 0 aromatic carbocycles. The van der Waals surface area contributed by atoms with Gasteiger partial charge >= 0.3 is 0 Å². The third-order valence-corrected chi connectivity index (χ3v) is 5.39. The van der Waals surface area contributed by atoms with E-state index < -0.39 is 0 Å². The molecule has 2 N–H and O–H groups in total. The van der Waals surface area contributed by atoms with Crippen LogP contribution in [0.5, 0.6) is 0 Å². The minimum atomic E-state index is 0.0975. The molecule has 2 saturated heterocycles. The molecule has 2 aliphatic rings. The van der Waals surface area contributed by atoms with E-state index in [0.717, 1.165) is 55.1 Å². The molecule has 2 aromatic rings. The predicted molar refractivity (Wildman–Crippen MR) is 99.4 cm³/mol. The summed E-state index contributed by atoms with van der Waals surface area (Å²) in [5.74, 6) is 1.06. The van der Waals surface area contributed by atoms with Gasteiger partial charge in [0.1, 0.15) is 17.8 Å². The highest BCUT2D eigenvalue weighted by Gasteiger charge is 2.27. The lowest BCUT2D eigenvalue weighted by Gasteiger charge is -2.26. The molecule has 0 spiro atoms. The zero-order valence-electron chi connectivity index (χ0n) is 15.4. The number of amides is 1. The fourth-order valence-corrected chi connectivity index (χ4v) is 3.82. The number of aromatic nitrogens is 3. The Bertz CT molecular complexity index is 798. The van der Waals surface area contributed by atoms with Gasteiger partial charge in [0.05, 0.1) is 25.1 Å². The summed E-state index contributed by atoms with van der Waals surface area (Å²) in [5.41, 5.74) is 3.19. The minimum absolute atomic E-state index is 0.0975. The molecule has 0 bridgehead atoms. The molecule has 140 valence electrons. The average molecular weight is 358 g/mol. The number of ether oxygens (including phenoxy) is 1. The van der Waals surface area contributed by atoms with E-state index in [1.165, 1.54) is 5.56 Å². The molecule has 26 heavy (non-hydrogen) atoms. The average Bonchev–Trinajstić information content (AvgIpc) is 3.20. The Hall–Kier alpha value is -2.19. The van der Waals surface area contributed by atoms with E-state index in [1.807, 2.05) is 0 Å². The van der Waals surface area contributed by atoms with Gasteiger partial charge in [0, 0.05) is 37.9 Å². The Morgan fingerprint density at radius 3 is 2.92 bits per heavy atom. The number of hydrogen-bond acceptors (Lipinski definition) is 6.